The minimum absolute atomic E-state index is 0.103. The molecule has 23 heavy (non-hydrogen) atoms. The van der Waals surface area contributed by atoms with Crippen LogP contribution in [-0.2, 0) is 4.79 Å². The van der Waals surface area contributed by atoms with E-state index in [2.05, 4.69) is 29.5 Å². The molecule has 0 aliphatic heterocycles. The lowest BCUT2D eigenvalue weighted by atomic mass is 10.0. The third kappa shape index (κ3) is 8.80. The molecule has 0 aliphatic rings. The zero-order valence-electron chi connectivity index (χ0n) is 14.1. The van der Waals surface area contributed by atoms with Crippen LogP contribution in [0, 0.1) is 11.7 Å². The van der Waals surface area contributed by atoms with Gasteiger partial charge in [0.25, 0.3) is 0 Å². The van der Waals surface area contributed by atoms with Crippen LogP contribution in [0.25, 0.3) is 0 Å². The van der Waals surface area contributed by atoms with Gasteiger partial charge in [0.2, 0.25) is 5.91 Å². The lowest BCUT2D eigenvalue weighted by Crippen LogP contribution is -2.39. The van der Waals surface area contributed by atoms with Crippen molar-refractivity contribution in [3.8, 4) is 0 Å². The molecule has 6 heteroatoms. The fourth-order valence-corrected chi connectivity index (χ4v) is 2.13. The normalized spacial score (nSPS) is 13.0. The third-order valence-corrected chi connectivity index (χ3v) is 3.31. The largest absolute Gasteiger partial charge is 0.370 e. The molecule has 0 heterocycles. The molecular weight excluding hydrogens is 295 g/mol. The zero-order valence-corrected chi connectivity index (χ0v) is 14.1. The molecule has 1 aromatic rings. The van der Waals surface area contributed by atoms with Gasteiger partial charge in [-0.05, 0) is 37.5 Å². The Bertz CT molecular complexity index is 531. The molecule has 1 rings (SSSR count). The molecule has 0 spiro atoms. The van der Waals surface area contributed by atoms with E-state index in [0.29, 0.717) is 11.6 Å². The molecule has 0 saturated heterocycles. The van der Waals surface area contributed by atoms with Crippen LogP contribution in [0.3, 0.4) is 0 Å². The summed E-state index contributed by atoms with van der Waals surface area (Å²) in [6.07, 6.45) is 3.31. The highest BCUT2D eigenvalue weighted by Crippen LogP contribution is 2.09. The van der Waals surface area contributed by atoms with Gasteiger partial charge in [-0.15, -0.1) is 0 Å². The summed E-state index contributed by atoms with van der Waals surface area (Å²) in [5.41, 5.74) is 6.17. The van der Waals surface area contributed by atoms with Gasteiger partial charge in [0.15, 0.2) is 5.96 Å². The highest BCUT2D eigenvalue weighted by atomic mass is 19.1. The first-order valence-corrected chi connectivity index (χ1v) is 7.98. The van der Waals surface area contributed by atoms with Crippen LogP contribution >= 0.6 is 0 Å². The average molecular weight is 322 g/mol. The van der Waals surface area contributed by atoms with Gasteiger partial charge < -0.3 is 16.4 Å². The molecule has 128 valence electrons. The Balaban J connectivity index is 2.33. The van der Waals surface area contributed by atoms with Gasteiger partial charge in [0, 0.05) is 11.7 Å². The van der Waals surface area contributed by atoms with E-state index in [1.807, 2.05) is 6.92 Å². The summed E-state index contributed by atoms with van der Waals surface area (Å²) < 4.78 is 13.0. The van der Waals surface area contributed by atoms with Crippen LogP contribution in [0.4, 0.5) is 10.1 Å². The predicted molar refractivity (Wildman–Crippen MR) is 92.8 cm³/mol. The molecule has 0 radical (unpaired) electrons. The number of benzene rings is 1. The number of hydrogen-bond donors (Lipinski definition) is 3. The highest BCUT2D eigenvalue weighted by molar-refractivity contribution is 5.93. The van der Waals surface area contributed by atoms with Crippen molar-refractivity contribution in [1.29, 1.82) is 0 Å². The molecule has 1 atom stereocenters. The molecule has 1 amide bonds. The van der Waals surface area contributed by atoms with Crippen LogP contribution in [0.1, 0.15) is 40.0 Å². The number of nitrogens with zero attached hydrogens (tertiary/aromatic N) is 1. The molecule has 0 bridgehead atoms. The maximum absolute atomic E-state index is 13.0. The SMILES string of the molecule is CC(C)CCCC(C)NC(N)=NCC(=O)Nc1cccc(F)c1. The van der Waals surface area contributed by atoms with Gasteiger partial charge in [-0.25, -0.2) is 9.38 Å². The minimum Gasteiger partial charge on any atom is -0.370 e. The molecule has 0 fully saturated rings. The summed E-state index contributed by atoms with van der Waals surface area (Å²) in [6.45, 7) is 6.33. The van der Waals surface area contributed by atoms with Crippen molar-refractivity contribution < 1.29 is 9.18 Å². The van der Waals surface area contributed by atoms with Crippen LogP contribution in [0.15, 0.2) is 29.3 Å². The van der Waals surface area contributed by atoms with Crippen molar-refractivity contribution in [2.45, 2.75) is 46.1 Å². The van der Waals surface area contributed by atoms with Gasteiger partial charge >= 0.3 is 0 Å². The summed E-state index contributed by atoms with van der Waals surface area (Å²) in [5, 5.41) is 5.64. The zero-order chi connectivity index (χ0) is 17.2. The number of aliphatic imine (C=N–C) groups is 1. The molecule has 1 unspecified atom stereocenters. The number of nitrogens with one attached hydrogen (secondary N) is 2. The Hall–Kier alpha value is -2.11. The van der Waals surface area contributed by atoms with Gasteiger partial charge in [-0.3, -0.25) is 4.79 Å². The molecule has 0 saturated carbocycles. The Morgan fingerprint density at radius 3 is 2.70 bits per heavy atom. The lowest BCUT2D eigenvalue weighted by Gasteiger charge is -2.15. The van der Waals surface area contributed by atoms with Crippen LogP contribution in [-0.4, -0.2) is 24.5 Å². The number of carbonyl (C=O) groups excluding carboxylic acids is 1. The Morgan fingerprint density at radius 1 is 1.30 bits per heavy atom. The quantitative estimate of drug-likeness (QED) is 0.508. The lowest BCUT2D eigenvalue weighted by molar-refractivity contribution is -0.114. The number of guanidine groups is 1. The van der Waals surface area contributed by atoms with Crippen LogP contribution in [0.5, 0.6) is 0 Å². The van der Waals surface area contributed by atoms with Gasteiger partial charge in [0.05, 0.1) is 0 Å². The third-order valence-electron chi connectivity index (χ3n) is 3.31. The molecular formula is C17H27FN4O. The molecule has 4 N–H and O–H groups in total. The van der Waals surface area contributed by atoms with Crippen molar-refractivity contribution in [3.63, 3.8) is 0 Å². The van der Waals surface area contributed by atoms with Crippen molar-refractivity contribution in [1.82, 2.24) is 5.32 Å². The summed E-state index contributed by atoms with van der Waals surface area (Å²) >= 11 is 0. The van der Waals surface area contributed by atoms with Crippen LogP contribution in [0.2, 0.25) is 0 Å². The van der Waals surface area contributed by atoms with E-state index in [1.165, 1.54) is 24.6 Å². The van der Waals surface area contributed by atoms with Crippen molar-refractivity contribution in [2.75, 3.05) is 11.9 Å². The number of rotatable bonds is 8. The maximum Gasteiger partial charge on any atom is 0.246 e. The molecule has 0 aliphatic carbocycles. The van der Waals surface area contributed by atoms with Gasteiger partial charge in [-0.1, -0.05) is 32.8 Å². The summed E-state index contributed by atoms with van der Waals surface area (Å²) in [6, 6.07) is 5.92. The fourth-order valence-electron chi connectivity index (χ4n) is 2.13. The van der Waals surface area contributed by atoms with Crippen molar-refractivity contribution in [2.24, 2.45) is 16.6 Å². The second-order valence-electron chi connectivity index (χ2n) is 6.13. The van der Waals surface area contributed by atoms with Crippen molar-refractivity contribution in [3.05, 3.63) is 30.1 Å². The second kappa shape index (κ2) is 9.82. The van der Waals surface area contributed by atoms with E-state index >= 15 is 0 Å². The number of halogens is 1. The minimum atomic E-state index is -0.400. The summed E-state index contributed by atoms with van der Waals surface area (Å²) in [7, 11) is 0. The molecule has 0 aromatic heterocycles. The number of anilines is 1. The maximum atomic E-state index is 13.0. The number of hydrogen-bond acceptors (Lipinski definition) is 2. The van der Waals surface area contributed by atoms with E-state index < -0.39 is 5.82 Å². The van der Waals surface area contributed by atoms with Crippen molar-refractivity contribution >= 4 is 17.6 Å². The van der Waals surface area contributed by atoms with Crippen LogP contribution < -0.4 is 16.4 Å². The summed E-state index contributed by atoms with van der Waals surface area (Å²) in [5.74, 6) is 0.201. The Morgan fingerprint density at radius 2 is 2.04 bits per heavy atom. The first-order chi connectivity index (χ1) is 10.9. The van der Waals surface area contributed by atoms with E-state index in [4.69, 9.17) is 5.73 Å². The Labute approximate surface area is 137 Å². The average Bonchev–Trinajstić information content (AvgIpc) is 2.44. The van der Waals surface area contributed by atoms with E-state index in [1.54, 1.807) is 6.07 Å². The van der Waals surface area contributed by atoms with Gasteiger partial charge in [-0.2, -0.15) is 0 Å². The van der Waals surface area contributed by atoms with E-state index in [0.717, 1.165) is 12.8 Å². The van der Waals surface area contributed by atoms with E-state index in [-0.39, 0.29) is 24.5 Å². The summed E-state index contributed by atoms with van der Waals surface area (Å²) in [4.78, 5) is 15.7. The molecule has 1 aromatic carbocycles. The smallest absolute Gasteiger partial charge is 0.246 e. The van der Waals surface area contributed by atoms with E-state index in [9.17, 15) is 9.18 Å². The van der Waals surface area contributed by atoms with Gasteiger partial charge in [0.1, 0.15) is 12.4 Å². The standard InChI is InChI=1S/C17H27FN4O/c1-12(2)6-4-7-13(3)21-17(19)20-11-16(23)22-15-9-5-8-14(18)10-15/h5,8-10,12-13H,4,6-7,11H2,1-3H3,(H,22,23)(H3,19,20,21). The molecule has 5 nitrogen and oxygen atoms in total. The number of nitrogens with two attached hydrogens (primary N) is 1. The number of carbonyl (C=O) groups is 1. The first kappa shape index (κ1) is 18.9. The Kier molecular flexibility index (Phi) is 8.08. The highest BCUT2D eigenvalue weighted by Gasteiger charge is 2.06. The fraction of sp³-hybridized carbons (Fsp3) is 0.529. The topological polar surface area (TPSA) is 79.5 Å². The predicted octanol–water partition coefficient (Wildman–Crippen LogP) is 2.88. The second-order valence-corrected chi connectivity index (χ2v) is 6.13. The number of amides is 1. The monoisotopic (exact) mass is 322 g/mol. The first-order valence-electron chi connectivity index (χ1n) is 7.98.